The SMILES string of the molecule is C[C@]12CC[C@H](OC(=O)Cc3ccc(N(CCCl)CCCl)cc3)C[C@@H]1CC[C@@H]1[C@@H]2CC[C@]2(C)NCCC[C@@H]12. The summed E-state index contributed by atoms with van der Waals surface area (Å²) in [5.74, 6) is 4.29. The molecule has 0 amide bonds. The number of benzene rings is 1. The van der Waals surface area contributed by atoms with Crippen LogP contribution in [0.15, 0.2) is 24.3 Å². The second kappa shape index (κ2) is 11.6. The zero-order valence-electron chi connectivity index (χ0n) is 22.8. The summed E-state index contributed by atoms with van der Waals surface area (Å²) in [6.07, 6.45) is 11.8. The Balaban J connectivity index is 1.16. The lowest BCUT2D eigenvalue weighted by atomic mass is 9.45. The molecule has 1 saturated heterocycles. The Morgan fingerprint density at radius 3 is 2.49 bits per heavy atom. The van der Waals surface area contributed by atoms with E-state index in [1.807, 2.05) is 12.1 Å². The third-order valence-electron chi connectivity index (χ3n) is 10.9. The molecule has 3 aliphatic carbocycles. The molecule has 4 fully saturated rings. The van der Waals surface area contributed by atoms with Crippen LogP contribution in [0.2, 0.25) is 0 Å². The lowest BCUT2D eigenvalue weighted by molar-refractivity contribution is -0.161. The number of hydrogen-bond donors (Lipinski definition) is 1. The van der Waals surface area contributed by atoms with E-state index >= 15 is 0 Å². The van der Waals surface area contributed by atoms with Crippen LogP contribution in [0, 0.1) is 29.1 Å². The van der Waals surface area contributed by atoms with E-state index in [4.69, 9.17) is 27.9 Å². The Labute approximate surface area is 234 Å². The van der Waals surface area contributed by atoms with Gasteiger partial charge in [0.2, 0.25) is 0 Å². The van der Waals surface area contributed by atoms with Crippen LogP contribution < -0.4 is 10.2 Å². The van der Waals surface area contributed by atoms with Crippen LogP contribution in [0.1, 0.15) is 77.2 Å². The van der Waals surface area contributed by atoms with Crippen LogP contribution >= 0.6 is 23.2 Å². The van der Waals surface area contributed by atoms with Gasteiger partial charge >= 0.3 is 5.97 Å². The normalized spacial score (nSPS) is 37.1. The van der Waals surface area contributed by atoms with Gasteiger partial charge in [-0.3, -0.25) is 4.79 Å². The van der Waals surface area contributed by atoms with Gasteiger partial charge in [-0.15, -0.1) is 23.2 Å². The van der Waals surface area contributed by atoms with Crippen molar-refractivity contribution in [2.45, 2.75) is 89.7 Å². The van der Waals surface area contributed by atoms with E-state index < -0.39 is 0 Å². The number of anilines is 1. The Morgan fingerprint density at radius 2 is 1.76 bits per heavy atom. The molecule has 1 aliphatic heterocycles. The lowest BCUT2D eigenvalue weighted by Gasteiger charge is -2.62. The number of ether oxygens (including phenoxy) is 1. The Kier molecular flexibility index (Phi) is 8.68. The van der Waals surface area contributed by atoms with Crippen LogP contribution in [-0.2, 0) is 16.0 Å². The second-order valence-electron chi connectivity index (χ2n) is 12.8. The fourth-order valence-electron chi connectivity index (χ4n) is 8.89. The molecule has 5 rings (SSSR count). The van der Waals surface area contributed by atoms with Crippen molar-refractivity contribution < 1.29 is 9.53 Å². The molecule has 0 unspecified atom stereocenters. The molecule has 1 N–H and O–H groups in total. The highest BCUT2D eigenvalue weighted by atomic mass is 35.5. The Hall–Kier alpha value is -0.970. The predicted octanol–water partition coefficient (Wildman–Crippen LogP) is 6.81. The molecule has 0 aromatic heterocycles. The van der Waals surface area contributed by atoms with Crippen molar-refractivity contribution in [3.8, 4) is 0 Å². The average molecular weight is 550 g/mol. The third kappa shape index (κ3) is 5.68. The molecule has 0 spiro atoms. The third-order valence-corrected chi connectivity index (χ3v) is 11.2. The number of carbonyl (C=O) groups excluding carboxylic acids is 1. The van der Waals surface area contributed by atoms with Gasteiger partial charge in [-0.1, -0.05) is 19.1 Å². The molecule has 3 saturated carbocycles. The molecular formula is C31H46Cl2N2O2. The maximum atomic E-state index is 12.9. The highest BCUT2D eigenvalue weighted by Gasteiger charge is 2.57. The number of esters is 1. The molecule has 4 aliphatic rings. The molecule has 0 radical (unpaired) electrons. The van der Waals surface area contributed by atoms with Gasteiger partial charge in [0.25, 0.3) is 0 Å². The summed E-state index contributed by atoms with van der Waals surface area (Å²) in [5, 5.41) is 3.91. The largest absolute Gasteiger partial charge is 0.462 e. The number of nitrogens with zero attached hydrogens (tertiary/aromatic N) is 1. The monoisotopic (exact) mass is 548 g/mol. The summed E-state index contributed by atoms with van der Waals surface area (Å²) in [4.78, 5) is 15.1. The number of piperidine rings is 1. The number of halogens is 2. The highest BCUT2D eigenvalue weighted by molar-refractivity contribution is 6.18. The van der Waals surface area contributed by atoms with Crippen molar-refractivity contribution in [1.29, 1.82) is 0 Å². The minimum atomic E-state index is -0.0878. The van der Waals surface area contributed by atoms with E-state index in [0.717, 1.165) is 54.9 Å². The lowest BCUT2D eigenvalue weighted by Crippen LogP contribution is -2.62. The zero-order chi connectivity index (χ0) is 26.0. The van der Waals surface area contributed by atoms with Gasteiger partial charge in [0.05, 0.1) is 6.42 Å². The molecule has 0 bridgehead atoms. The first-order valence-corrected chi connectivity index (χ1v) is 15.8. The first kappa shape index (κ1) is 27.6. The molecule has 1 aromatic carbocycles. The smallest absolute Gasteiger partial charge is 0.310 e. The van der Waals surface area contributed by atoms with Crippen LogP contribution in [0.4, 0.5) is 5.69 Å². The van der Waals surface area contributed by atoms with Crippen LogP contribution in [-0.4, -0.2) is 49.0 Å². The molecule has 7 atom stereocenters. The molecule has 6 heteroatoms. The summed E-state index contributed by atoms with van der Waals surface area (Å²) in [7, 11) is 0. The molecule has 37 heavy (non-hydrogen) atoms. The number of hydrogen-bond acceptors (Lipinski definition) is 4. The number of carbonyl (C=O) groups is 1. The zero-order valence-corrected chi connectivity index (χ0v) is 24.3. The van der Waals surface area contributed by atoms with E-state index in [1.165, 1.54) is 51.5 Å². The Morgan fingerprint density at radius 1 is 1.00 bits per heavy atom. The minimum Gasteiger partial charge on any atom is -0.462 e. The molecular weight excluding hydrogens is 503 g/mol. The second-order valence-corrected chi connectivity index (χ2v) is 13.5. The Bertz CT molecular complexity index is 920. The fourth-order valence-corrected chi connectivity index (χ4v) is 9.29. The summed E-state index contributed by atoms with van der Waals surface area (Å²) >= 11 is 11.9. The van der Waals surface area contributed by atoms with Gasteiger partial charge in [0, 0.05) is 36.1 Å². The first-order chi connectivity index (χ1) is 17.9. The van der Waals surface area contributed by atoms with Gasteiger partial charge < -0.3 is 15.0 Å². The fraction of sp³-hybridized carbons (Fsp3) is 0.774. The van der Waals surface area contributed by atoms with Crippen molar-refractivity contribution in [3.05, 3.63) is 29.8 Å². The van der Waals surface area contributed by atoms with Gasteiger partial charge in [-0.05, 0) is 118 Å². The number of fused-ring (bicyclic) bond motifs is 5. The van der Waals surface area contributed by atoms with E-state index in [2.05, 4.69) is 36.2 Å². The number of alkyl halides is 2. The predicted molar refractivity (Wildman–Crippen MR) is 154 cm³/mol. The van der Waals surface area contributed by atoms with E-state index in [-0.39, 0.29) is 12.1 Å². The van der Waals surface area contributed by atoms with Gasteiger partial charge in [0.1, 0.15) is 6.10 Å². The highest BCUT2D eigenvalue weighted by Crippen LogP contribution is 2.62. The van der Waals surface area contributed by atoms with Gasteiger partial charge in [0.15, 0.2) is 0 Å². The number of nitrogens with one attached hydrogen (secondary N) is 1. The van der Waals surface area contributed by atoms with Crippen molar-refractivity contribution in [2.24, 2.45) is 29.1 Å². The molecule has 1 aromatic rings. The maximum Gasteiger partial charge on any atom is 0.310 e. The number of rotatable bonds is 8. The summed E-state index contributed by atoms with van der Waals surface area (Å²) in [6, 6.07) is 8.18. The van der Waals surface area contributed by atoms with Crippen molar-refractivity contribution >= 4 is 34.9 Å². The van der Waals surface area contributed by atoms with E-state index in [9.17, 15) is 4.79 Å². The van der Waals surface area contributed by atoms with E-state index in [0.29, 0.717) is 35.1 Å². The first-order valence-electron chi connectivity index (χ1n) is 14.8. The van der Waals surface area contributed by atoms with E-state index in [1.54, 1.807) is 0 Å². The standard InChI is InChI=1S/C31H46Cl2N2O2/c1-30-13-11-25(37-29(36)20-22-5-8-24(9-6-22)35(18-15-32)19-16-33)21-23(30)7-10-26-27(30)12-14-31(2)28(26)4-3-17-34-31/h5-6,8-9,23,25-28,34H,3-4,7,10-21H2,1-2H3/t23-,25-,26+,27-,28-,30-,31-/m0/s1. The topological polar surface area (TPSA) is 41.6 Å². The maximum absolute atomic E-state index is 12.9. The minimum absolute atomic E-state index is 0.0783. The molecule has 1 heterocycles. The summed E-state index contributed by atoms with van der Waals surface area (Å²) < 4.78 is 6.09. The average Bonchev–Trinajstić information content (AvgIpc) is 2.88. The molecule has 206 valence electrons. The van der Waals surface area contributed by atoms with Gasteiger partial charge in [-0.25, -0.2) is 0 Å². The van der Waals surface area contributed by atoms with Gasteiger partial charge in [-0.2, -0.15) is 0 Å². The quantitative estimate of drug-likeness (QED) is 0.286. The van der Waals surface area contributed by atoms with Crippen molar-refractivity contribution in [2.75, 3.05) is 36.3 Å². The summed E-state index contributed by atoms with van der Waals surface area (Å²) in [5.41, 5.74) is 2.86. The molecule has 4 nitrogen and oxygen atoms in total. The summed E-state index contributed by atoms with van der Waals surface area (Å²) in [6.45, 7) is 7.81. The van der Waals surface area contributed by atoms with Crippen LogP contribution in [0.5, 0.6) is 0 Å². The van der Waals surface area contributed by atoms with Crippen molar-refractivity contribution in [3.63, 3.8) is 0 Å². The van der Waals surface area contributed by atoms with Crippen LogP contribution in [0.3, 0.4) is 0 Å². The van der Waals surface area contributed by atoms with Crippen molar-refractivity contribution in [1.82, 2.24) is 5.32 Å². The van der Waals surface area contributed by atoms with Crippen LogP contribution in [0.25, 0.3) is 0 Å².